The van der Waals surface area contributed by atoms with Crippen LogP contribution in [-0.2, 0) is 0 Å². The number of aliphatic imine (C=N–C) groups is 1. The number of ether oxygens (including phenoxy) is 3. The van der Waals surface area contributed by atoms with E-state index in [4.69, 9.17) is 19.2 Å². The Hall–Kier alpha value is -2.41. The van der Waals surface area contributed by atoms with Gasteiger partial charge < -0.3 is 19.1 Å². The van der Waals surface area contributed by atoms with E-state index < -0.39 is 0 Å². The van der Waals surface area contributed by atoms with Gasteiger partial charge in [-0.05, 0) is 18.2 Å². The molecule has 0 spiro atoms. The molecule has 0 radical (unpaired) electrons. The van der Waals surface area contributed by atoms with Gasteiger partial charge >= 0.3 is 0 Å². The standard InChI is InChI=1S/C20H23N3O3S/c1-12-11-23-19(13-9-16(25-3)17(26-4)10-15(13)24-2)18(22-20(23)27-12)14-7-5-6-8-21-14/h5-10,12,18-19H,11H2,1-4H3/t12-,18+,19-/m1/s1. The molecule has 3 atom stereocenters. The molecule has 0 amide bonds. The van der Waals surface area contributed by atoms with Crippen LogP contribution in [0.1, 0.15) is 30.3 Å². The monoisotopic (exact) mass is 385 g/mol. The lowest BCUT2D eigenvalue weighted by molar-refractivity contribution is 0.301. The molecule has 0 unspecified atom stereocenters. The molecule has 2 aliphatic rings. The zero-order valence-electron chi connectivity index (χ0n) is 15.9. The predicted molar refractivity (Wildman–Crippen MR) is 107 cm³/mol. The van der Waals surface area contributed by atoms with Crippen LogP contribution in [0.2, 0.25) is 0 Å². The summed E-state index contributed by atoms with van der Waals surface area (Å²) in [6, 6.07) is 9.76. The molecule has 3 heterocycles. The molecule has 0 aliphatic carbocycles. The van der Waals surface area contributed by atoms with Crippen molar-refractivity contribution in [3.8, 4) is 17.2 Å². The van der Waals surface area contributed by atoms with Crippen LogP contribution in [0.5, 0.6) is 17.2 Å². The van der Waals surface area contributed by atoms with Crippen molar-refractivity contribution in [3.05, 3.63) is 47.8 Å². The SMILES string of the molecule is COc1cc(OC)c([C@@H]2[C@H](c3ccccn3)N=C3S[C@H](C)CN32)cc1OC. The Morgan fingerprint density at radius 2 is 1.78 bits per heavy atom. The first-order chi connectivity index (χ1) is 13.2. The van der Waals surface area contributed by atoms with Gasteiger partial charge in [0.2, 0.25) is 0 Å². The molecule has 4 rings (SSSR count). The lowest BCUT2D eigenvalue weighted by atomic mass is 9.95. The van der Waals surface area contributed by atoms with E-state index in [0.717, 1.165) is 28.7 Å². The van der Waals surface area contributed by atoms with E-state index in [-0.39, 0.29) is 12.1 Å². The topological polar surface area (TPSA) is 56.2 Å². The molecular weight excluding hydrogens is 362 g/mol. The van der Waals surface area contributed by atoms with Gasteiger partial charge in [0.25, 0.3) is 0 Å². The summed E-state index contributed by atoms with van der Waals surface area (Å²) >= 11 is 1.82. The van der Waals surface area contributed by atoms with E-state index in [1.807, 2.05) is 48.3 Å². The molecule has 0 N–H and O–H groups in total. The molecule has 1 fully saturated rings. The van der Waals surface area contributed by atoms with E-state index in [9.17, 15) is 0 Å². The van der Waals surface area contributed by atoms with Crippen molar-refractivity contribution in [1.29, 1.82) is 0 Å². The molecule has 2 aromatic rings. The summed E-state index contributed by atoms with van der Waals surface area (Å²) in [5.41, 5.74) is 1.98. The summed E-state index contributed by atoms with van der Waals surface area (Å²) in [5, 5.41) is 1.57. The third-order valence-corrected chi connectivity index (χ3v) is 6.04. The molecule has 0 bridgehead atoms. The van der Waals surface area contributed by atoms with E-state index in [1.54, 1.807) is 21.3 Å². The Morgan fingerprint density at radius 3 is 2.44 bits per heavy atom. The van der Waals surface area contributed by atoms with Crippen molar-refractivity contribution >= 4 is 16.9 Å². The number of amidine groups is 1. The summed E-state index contributed by atoms with van der Waals surface area (Å²) in [6.07, 6.45) is 1.82. The fourth-order valence-electron chi connectivity index (χ4n) is 3.74. The van der Waals surface area contributed by atoms with E-state index in [2.05, 4.69) is 16.8 Å². The van der Waals surface area contributed by atoms with Crippen LogP contribution in [0.25, 0.3) is 0 Å². The Labute approximate surface area is 163 Å². The van der Waals surface area contributed by atoms with E-state index >= 15 is 0 Å². The highest BCUT2D eigenvalue weighted by atomic mass is 32.2. The first-order valence-electron chi connectivity index (χ1n) is 8.88. The second-order valence-corrected chi connectivity index (χ2v) is 7.99. The fourth-order valence-corrected chi connectivity index (χ4v) is 4.83. The highest BCUT2D eigenvalue weighted by molar-refractivity contribution is 8.14. The first kappa shape index (κ1) is 18.0. The van der Waals surface area contributed by atoms with Crippen molar-refractivity contribution in [3.63, 3.8) is 0 Å². The lowest BCUT2D eigenvalue weighted by Crippen LogP contribution is -2.29. The highest BCUT2D eigenvalue weighted by Gasteiger charge is 2.44. The molecular formula is C20H23N3O3S. The second kappa shape index (κ2) is 7.31. The molecule has 0 saturated carbocycles. The van der Waals surface area contributed by atoms with Crippen LogP contribution in [0, 0.1) is 0 Å². The molecule has 2 aliphatic heterocycles. The van der Waals surface area contributed by atoms with Gasteiger partial charge in [-0.25, -0.2) is 0 Å². The third-order valence-electron chi connectivity index (χ3n) is 4.94. The summed E-state index contributed by atoms with van der Waals surface area (Å²) in [7, 11) is 4.95. The van der Waals surface area contributed by atoms with E-state index in [0.29, 0.717) is 16.7 Å². The first-order valence-corrected chi connectivity index (χ1v) is 9.76. The van der Waals surface area contributed by atoms with Gasteiger partial charge in [0.05, 0.1) is 33.1 Å². The smallest absolute Gasteiger partial charge is 0.164 e. The normalized spacial score (nSPS) is 23.8. The van der Waals surface area contributed by atoms with Crippen LogP contribution in [-0.4, -0.2) is 48.2 Å². The number of hydrogen-bond acceptors (Lipinski definition) is 7. The average molecular weight is 385 g/mol. The average Bonchev–Trinajstić information content (AvgIpc) is 3.23. The van der Waals surface area contributed by atoms with Gasteiger partial charge in [-0.2, -0.15) is 0 Å². The van der Waals surface area contributed by atoms with Crippen LogP contribution in [0.3, 0.4) is 0 Å². The Bertz CT molecular complexity index is 859. The van der Waals surface area contributed by atoms with Crippen molar-refractivity contribution in [1.82, 2.24) is 9.88 Å². The zero-order valence-corrected chi connectivity index (χ0v) is 16.7. The van der Waals surface area contributed by atoms with Gasteiger partial charge in [0.1, 0.15) is 11.8 Å². The number of pyridine rings is 1. The number of thioether (sulfide) groups is 1. The van der Waals surface area contributed by atoms with Crippen LogP contribution in [0.15, 0.2) is 41.5 Å². The zero-order chi connectivity index (χ0) is 19.0. The molecule has 1 aromatic heterocycles. The number of rotatable bonds is 5. The van der Waals surface area contributed by atoms with E-state index in [1.165, 1.54) is 0 Å². The summed E-state index contributed by atoms with van der Waals surface area (Å²) < 4.78 is 16.7. The number of hydrogen-bond donors (Lipinski definition) is 0. The van der Waals surface area contributed by atoms with Crippen LogP contribution < -0.4 is 14.2 Å². The van der Waals surface area contributed by atoms with Gasteiger partial charge in [0, 0.05) is 29.6 Å². The molecule has 7 heteroatoms. The number of nitrogens with zero attached hydrogens (tertiary/aromatic N) is 3. The quantitative estimate of drug-likeness (QED) is 0.782. The van der Waals surface area contributed by atoms with Gasteiger partial charge in [0.15, 0.2) is 16.7 Å². The van der Waals surface area contributed by atoms with Gasteiger partial charge in [-0.3, -0.25) is 9.98 Å². The number of aromatic nitrogens is 1. The van der Waals surface area contributed by atoms with Gasteiger partial charge in [-0.1, -0.05) is 24.8 Å². The molecule has 1 saturated heterocycles. The Morgan fingerprint density at radius 1 is 1.04 bits per heavy atom. The molecule has 142 valence electrons. The minimum absolute atomic E-state index is 0.00195. The lowest BCUT2D eigenvalue weighted by Gasteiger charge is -2.29. The summed E-state index contributed by atoms with van der Waals surface area (Å²) in [5.74, 6) is 2.09. The maximum atomic E-state index is 5.72. The largest absolute Gasteiger partial charge is 0.496 e. The second-order valence-electron chi connectivity index (χ2n) is 6.59. The Balaban J connectivity index is 1.84. The number of benzene rings is 1. The fraction of sp³-hybridized carbons (Fsp3) is 0.400. The third kappa shape index (κ3) is 3.10. The van der Waals surface area contributed by atoms with Gasteiger partial charge in [-0.15, -0.1) is 0 Å². The molecule has 1 aromatic carbocycles. The van der Waals surface area contributed by atoms with Crippen LogP contribution in [0.4, 0.5) is 0 Å². The van der Waals surface area contributed by atoms with Crippen molar-refractivity contribution in [2.75, 3.05) is 27.9 Å². The maximum absolute atomic E-state index is 5.72. The van der Waals surface area contributed by atoms with Crippen molar-refractivity contribution < 1.29 is 14.2 Å². The number of methoxy groups -OCH3 is 3. The maximum Gasteiger partial charge on any atom is 0.164 e. The van der Waals surface area contributed by atoms with Crippen LogP contribution >= 0.6 is 11.8 Å². The minimum atomic E-state index is -0.0896. The predicted octanol–water partition coefficient (Wildman–Crippen LogP) is 3.70. The highest BCUT2D eigenvalue weighted by Crippen LogP contribution is 2.51. The summed E-state index contributed by atoms with van der Waals surface area (Å²) in [6.45, 7) is 3.17. The van der Waals surface area contributed by atoms with Crippen molar-refractivity contribution in [2.45, 2.75) is 24.3 Å². The minimum Gasteiger partial charge on any atom is -0.496 e. The molecule has 27 heavy (non-hydrogen) atoms. The number of fused-ring (bicyclic) bond motifs is 1. The summed E-state index contributed by atoms with van der Waals surface area (Å²) in [4.78, 5) is 12.0. The van der Waals surface area contributed by atoms with Crippen molar-refractivity contribution in [2.24, 2.45) is 4.99 Å². The Kier molecular flexibility index (Phi) is 4.86. The molecule has 6 nitrogen and oxygen atoms in total.